The van der Waals surface area contributed by atoms with Crippen molar-refractivity contribution in [1.82, 2.24) is 0 Å². The highest BCUT2D eigenvalue weighted by molar-refractivity contribution is 7.91. The van der Waals surface area contributed by atoms with Crippen LogP contribution in [0.2, 0.25) is 0 Å². The molecule has 9 heavy (non-hydrogen) atoms. The van der Waals surface area contributed by atoms with Gasteiger partial charge in [-0.25, -0.2) is 8.42 Å². The van der Waals surface area contributed by atoms with Gasteiger partial charge in [0.1, 0.15) is 0 Å². The first-order valence-corrected chi connectivity index (χ1v) is 4.83. The molecule has 1 saturated carbocycles. The molecular weight excluding hydrogens is 138 g/mol. The molecule has 0 aromatic rings. The largest absolute Gasteiger partial charge is 0.324 e. The molecule has 0 unspecified atom stereocenters. The van der Waals surface area contributed by atoms with Crippen molar-refractivity contribution >= 4 is 9.84 Å². The van der Waals surface area contributed by atoms with Crippen LogP contribution in [0.15, 0.2) is 0 Å². The lowest BCUT2D eigenvalue weighted by Crippen LogP contribution is -2.27. The summed E-state index contributed by atoms with van der Waals surface area (Å²) in [6.45, 7) is 0. The third-order valence-electron chi connectivity index (χ3n) is 2.22. The normalized spacial score (nSPS) is 52.8. The Morgan fingerprint density at radius 2 is 2.22 bits per heavy atom. The molecule has 1 heterocycles. The molecule has 2 N–H and O–H groups in total. The molecule has 0 aromatic heterocycles. The SMILES string of the molecule is N[C@]12C[C@H]1CS(=O)(=O)C2. The molecule has 1 aliphatic heterocycles. The maximum atomic E-state index is 10.8. The van der Waals surface area contributed by atoms with Gasteiger partial charge in [0, 0.05) is 5.54 Å². The van der Waals surface area contributed by atoms with E-state index in [2.05, 4.69) is 0 Å². The van der Waals surface area contributed by atoms with E-state index in [0.717, 1.165) is 6.42 Å². The van der Waals surface area contributed by atoms with E-state index in [-0.39, 0.29) is 11.3 Å². The third-order valence-corrected chi connectivity index (χ3v) is 4.11. The van der Waals surface area contributed by atoms with Crippen molar-refractivity contribution in [2.45, 2.75) is 12.0 Å². The molecule has 0 radical (unpaired) electrons. The molecule has 0 bridgehead atoms. The highest BCUT2D eigenvalue weighted by Gasteiger charge is 2.60. The average molecular weight is 147 g/mol. The lowest BCUT2D eigenvalue weighted by molar-refractivity contribution is 0.595. The van der Waals surface area contributed by atoms with Gasteiger partial charge in [0.15, 0.2) is 9.84 Å². The molecule has 2 aliphatic rings. The smallest absolute Gasteiger partial charge is 0.152 e. The summed E-state index contributed by atoms with van der Waals surface area (Å²) in [6.07, 6.45) is 0.923. The summed E-state index contributed by atoms with van der Waals surface area (Å²) in [5.74, 6) is 0.858. The van der Waals surface area contributed by atoms with Crippen LogP contribution in [-0.4, -0.2) is 25.5 Å². The van der Waals surface area contributed by atoms with E-state index < -0.39 is 9.84 Å². The van der Waals surface area contributed by atoms with E-state index in [1.807, 2.05) is 0 Å². The summed E-state index contributed by atoms with van der Waals surface area (Å²) >= 11 is 0. The maximum absolute atomic E-state index is 10.8. The quantitative estimate of drug-likeness (QED) is 0.484. The van der Waals surface area contributed by atoms with E-state index in [1.54, 1.807) is 0 Å². The van der Waals surface area contributed by atoms with Gasteiger partial charge in [-0.3, -0.25) is 0 Å². The molecule has 0 spiro atoms. The van der Waals surface area contributed by atoms with Gasteiger partial charge in [0.25, 0.3) is 0 Å². The number of hydrogen-bond donors (Lipinski definition) is 1. The fourth-order valence-electron chi connectivity index (χ4n) is 1.58. The third kappa shape index (κ3) is 0.697. The molecule has 2 fully saturated rings. The van der Waals surface area contributed by atoms with Gasteiger partial charge >= 0.3 is 0 Å². The summed E-state index contributed by atoms with van der Waals surface area (Å²) in [6, 6.07) is 0. The Hall–Kier alpha value is -0.0900. The molecule has 1 aliphatic carbocycles. The summed E-state index contributed by atoms with van der Waals surface area (Å²) in [4.78, 5) is 0. The zero-order chi connectivity index (χ0) is 6.70. The first kappa shape index (κ1) is 5.68. The van der Waals surface area contributed by atoms with Crippen LogP contribution < -0.4 is 5.73 Å². The number of rotatable bonds is 0. The zero-order valence-electron chi connectivity index (χ0n) is 5.00. The van der Waals surface area contributed by atoms with Gasteiger partial charge in [-0.2, -0.15) is 0 Å². The Bertz CT molecular complexity index is 246. The molecule has 2 atom stereocenters. The molecule has 3 nitrogen and oxygen atoms in total. The monoisotopic (exact) mass is 147 g/mol. The number of fused-ring (bicyclic) bond motifs is 1. The zero-order valence-corrected chi connectivity index (χ0v) is 5.82. The summed E-state index contributed by atoms with van der Waals surface area (Å²) < 4.78 is 21.6. The Morgan fingerprint density at radius 1 is 1.56 bits per heavy atom. The molecule has 0 amide bonds. The Kier molecular flexibility index (Phi) is 0.743. The van der Waals surface area contributed by atoms with Gasteiger partial charge in [-0.1, -0.05) is 0 Å². The van der Waals surface area contributed by atoms with E-state index in [0.29, 0.717) is 11.7 Å². The van der Waals surface area contributed by atoms with Crippen LogP contribution in [-0.2, 0) is 9.84 Å². The molecule has 2 rings (SSSR count). The summed E-state index contributed by atoms with van der Waals surface area (Å²) in [5.41, 5.74) is 5.36. The van der Waals surface area contributed by atoms with E-state index in [9.17, 15) is 8.42 Å². The highest BCUT2D eigenvalue weighted by Crippen LogP contribution is 2.48. The van der Waals surface area contributed by atoms with Crippen LogP contribution >= 0.6 is 0 Å². The van der Waals surface area contributed by atoms with Crippen molar-refractivity contribution in [3.63, 3.8) is 0 Å². The second-order valence-electron chi connectivity index (χ2n) is 3.19. The first-order chi connectivity index (χ1) is 4.02. The van der Waals surface area contributed by atoms with Crippen molar-refractivity contribution in [1.29, 1.82) is 0 Å². The minimum atomic E-state index is -2.73. The average Bonchev–Trinajstić information content (AvgIpc) is 2.03. The fourth-order valence-corrected chi connectivity index (χ4v) is 3.93. The van der Waals surface area contributed by atoms with Crippen LogP contribution in [0.25, 0.3) is 0 Å². The summed E-state index contributed by atoms with van der Waals surface area (Å²) in [7, 11) is -2.73. The molecule has 52 valence electrons. The fraction of sp³-hybridized carbons (Fsp3) is 1.00. The number of hydrogen-bond acceptors (Lipinski definition) is 3. The molecule has 1 saturated heterocycles. The van der Waals surface area contributed by atoms with Crippen molar-refractivity contribution in [3.05, 3.63) is 0 Å². The van der Waals surface area contributed by atoms with Crippen LogP contribution in [0.5, 0.6) is 0 Å². The van der Waals surface area contributed by atoms with Gasteiger partial charge in [-0.05, 0) is 12.3 Å². The predicted molar refractivity (Wildman–Crippen MR) is 33.7 cm³/mol. The standard InChI is InChI=1S/C5H9NO2S/c6-5-1-4(5)2-9(7,8)3-5/h4H,1-3,6H2/t4-,5-/m0/s1. The Morgan fingerprint density at radius 3 is 2.44 bits per heavy atom. The minimum Gasteiger partial charge on any atom is -0.324 e. The Labute approximate surface area is 54.2 Å². The van der Waals surface area contributed by atoms with Gasteiger partial charge < -0.3 is 5.73 Å². The lowest BCUT2D eigenvalue weighted by Gasteiger charge is -1.98. The minimum absolute atomic E-state index is 0.227. The second kappa shape index (κ2) is 1.18. The van der Waals surface area contributed by atoms with Crippen molar-refractivity contribution in [2.24, 2.45) is 11.7 Å². The summed E-state index contributed by atoms with van der Waals surface area (Å²) in [5, 5.41) is 0. The second-order valence-corrected chi connectivity index (χ2v) is 5.30. The topological polar surface area (TPSA) is 60.2 Å². The van der Waals surface area contributed by atoms with Crippen LogP contribution in [0.3, 0.4) is 0 Å². The first-order valence-electron chi connectivity index (χ1n) is 3.01. The van der Waals surface area contributed by atoms with Crippen LogP contribution in [0.1, 0.15) is 6.42 Å². The van der Waals surface area contributed by atoms with Crippen molar-refractivity contribution in [3.8, 4) is 0 Å². The van der Waals surface area contributed by atoms with Gasteiger partial charge in [0.2, 0.25) is 0 Å². The number of sulfone groups is 1. The lowest BCUT2D eigenvalue weighted by atomic mass is 10.3. The van der Waals surface area contributed by atoms with E-state index >= 15 is 0 Å². The Balaban J connectivity index is 2.33. The van der Waals surface area contributed by atoms with E-state index in [4.69, 9.17) is 5.73 Å². The van der Waals surface area contributed by atoms with Crippen LogP contribution in [0.4, 0.5) is 0 Å². The van der Waals surface area contributed by atoms with E-state index in [1.165, 1.54) is 0 Å². The number of nitrogens with two attached hydrogens (primary N) is 1. The molecular formula is C5H9NO2S. The van der Waals surface area contributed by atoms with Crippen LogP contribution in [0, 0.1) is 5.92 Å². The van der Waals surface area contributed by atoms with Crippen molar-refractivity contribution in [2.75, 3.05) is 11.5 Å². The van der Waals surface area contributed by atoms with Crippen molar-refractivity contribution < 1.29 is 8.42 Å². The molecule has 0 aromatic carbocycles. The predicted octanol–water partition coefficient (Wildman–Crippen LogP) is -0.868. The maximum Gasteiger partial charge on any atom is 0.152 e. The highest BCUT2D eigenvalue weighted by atomic mass is 32.2. The van der Waals surface area contributed by atoms with Gasteiger partial charge in [-0.15, -0.1) is 0 Å². The molecule has 4 heteroatoms. The van der Waals surface area contributed by atoms with Gasteiger partial charge in [0.05, 0.1) is 11.5 Å².